The number of fused-ring (bicyclic) bond motifs is 2. The van der Waals surface area contributed by atoms with Crippen LogP contribution >= 0.6 is 0 Å². The standard InChI is InChI=1S/C19H14N4O/c1-9-10(2)16(23-17-11(3)22-19(24)15(9)17)14-8-21-18-12(7-20)5-4-6-13(14)18/h4-6,8,21H,1-3H3. The smallest absolute Gasteiger partial charge is 0.279 e. The van der Waals surface area contributed by atoms with Gasteiger partial charge in [-0.2, -0.15) is 5.26 Å². The Bertz CT molecular complexity index is 1110. The number of carbonyl (C=O) groups is 1. The molecular weight excluding hydrogens is 300 g/mol. The summed E-state index contributed by atoms with van der Waals surface area (Å²) in [5, 5.41) is 10.2. The molecule has 1 aromatic carbocycles. The first kappa shape index (κ1) is 14.3. The van der Waals surface area contributed by atoms with Crippen molar-refractivity contribution in [2.24, 2.45) is 4.99 Å². The maximum absolute atomic E-state index is 12.1. The molecule has 0 atom stereocenters. The number of H-pyrrole nitrogens is 1. The predicted octanol–water partition coefficient (Wildman–Crippen LogP) is 3.68. The summed E-state index contributed by atoms with van der Waals surface area (Å²) in [7, 11) is 0. The Morgan fingerprint density at radius 1 is 1.12 bits per heavy atom. The lowest BCUT2D eigenvalue weighted by Crippen LogP contribution is -2.06. The minimum absolute atomic E-state index is 0.215. The molecule has 0 saturated carbocycles. The number of benzene rings is 1. The highest BCUT2D eigenvalue weighted by Crippen LogP contribution is 2.35. The third-order valence-electron chi connectivity index (χ3n) is 4.67. The molecule has 0 fully saturated rings. The van der Waals surface area contributed by atoms with Crippen molar-refractivity contribution in [3.8, 4) is 17.3 Å². The number of carbonyl (C=O) groups excluding carboxylic acids is 1. The van der Waals surface area contributed by atoms with Gasteiger partial charge in [0.05, 0.1) is 33.7 Å². The average Bonchev–Trinajstić information content (AvgIpc) is 3.11. The van der Waals surface area contributed by atoms with E-state index in [1.807, 2.05) is 32.2 Å². The minimum atomic E-state index is -0.215. The summed E-state index contributed by atoms with van der Waals surface area (Å²) >= 11 is 0. The number of rotatable bonds is 1. The zero-order valence-electron chi connectivity index (χ0n) is 13.6. The second-order valence-corrected chi connectivity index (χ2v) is 5.98. The molecule has 3 heterocycles. The second-order valence-electron chi connectivity index (χ2n) is 5.98. The Labute approximate surface area is 138 Å². The number of amides is 1. The van der Waals surface area contributed by atoms with Crippen molar-refractivity contribution in [3.05, 3.63) is 52.3 Å². The van der Waals surface area contributed by atoms with Crippen molar-refractivity contribution < 1.29 is 4.79 Å². The van der Waals surface area contributed by atoms with Gasteiger partial charge in [0.1, 0.15) is 6.07 Å². The monoisotopic (exact) mass is 314 g/mol. The number of nitrogens with zero attached hydrogens (tertiary/aromatic N) is 3. The molecule has 24 heavy (non-hydrogen) atoms. The fraction of sp³-hybridized carbons (Fsp3) is 0.158. The fourth-order valence-corrected chi connectivity index (χ4v) is 3.28. The van der Waals surface area contributed by atoms with Gasteiger partial charge in [-0.05, 0) is 38.0 Å². The Kier molecular flexibility index (Phi) is 2.91. The van der Waals surface area contributed by atoms with E-state index in [0.29, 0.717) is 22.5 Å². The molecule has 1 aliphatic rings. The number of hydrogen-bond acceptors (Lipinski definition) is 3. The number of nitriles is 1. The first-order valence-corrected chi connectivity index (χ1v) is 7.64. The number of aromatic amines is 1. The van der Waals surface area contributed by atoms with Crippen LogP contribution < -0.4 is 0 Å². The largest absolute Gasteiger partial charge is 0.359 e. The van der Waals surface area contributed by atoms with E-state index in [4.69, 9.17) is 4.98 Å². The molecule has 0 unspecified atom stereocenters. The quantitative estimate of drug-likeness (QED) is 0.743. The normalized spacial score (nSPS) is 13.1. The Hall–Kier alpha value is -3.26. The van der Waals surface area contributed by atoms with Crippen LogP contribution in [-0.4, -0.2) is 21.6 Å². The van der Waals surface area contributed by atoms with Crippen molar-refractivity contribution in [2.75, 3.05) is 0 Å². The second kappa shape index (κ2) is 4.87. The van der Waals surface area contributed by atoms with Gasteiger partial charge in [-0.1, -0.05) is 12.1 Å². The SMILES string of the molecule is CC1=NC(=O)c2c1nc(-c1c[nH]c3c(C#N)cccc13)c(C)c2C. The number of hydrogen-bond donors (Lipinski definition) is 1. The number of pyridine rings is 1. The predicted molar refractivity (Wildman–Crippen MR) is 92.3 cm³/mol. The van der Waals surface area contributed by atoms with E-state index in [-0.39, 0.29) is 5.91 Å². The van der Waals surface area contributed by atoms with E-state index in [9.17, 15) is 10.1 Å². The highest BCUT2D eigenvalue weighted by Gasteiger charge is 2.27. The lowest BCUT2D eigenvalue weighted by Gasteiger charge is -2.11. The van der Waals surface area contributed by atoms with E-state index in [1.165, 1.54) is 0 Å². The van der Waals surface area contributed by atoms with Crippen LogP contribution in [0.5, 0.6) is 0 Å². The Morgan fingerprint density at radius 2 is 1.92 bits per heavy atom. The van der Waals surface area contributed by atoms with E-state index < -0.39 is 0 Å². The maximum atomic E-state index is 12.1. The van der Waals surface area contributed by atoms with Crippen LogP contribution in [0.15, 0.2) is 29.4 Å². The summed E-state index contributed by atoms with van der Waals surface area (Å²) in [6.45, 7) is 5.70. The van der Waals surface area contributed by atoms with Gasteiger partial charge in [0.15, 0.2) is 0 Å². The number of aromatic nitrogens is 2. The first-order chi connectivity index (χ1) is 11.5. The van der Waals surface area contributed by atoms with Crippen LogP contribution in [0.3, 0.4) is 0 Å². The van der Waals surface area contributed by atoms with E-state index in [1.54, 1.807) is 13.0 Å². The lowest BCUT2D eigenvalue weighted by atomic mass is 9.96. The van der Waals surface area contributed by atoms with Gasteiger partial charge >= 0.3 is 0 Å². The molecule has 4 rings (SSSR count). The molecule has 1 aliphatic heterocycles. The Balaban J connectivity index is 2.05. The minimum Gasteiger partial charge on any atom is -0.359 e. The zero-order chi connectivity index (χ0) is 17.0. The van der Waals surface area contributed by atoms with Crippen LogP contribution in [0.25, 0.3) is 22.2 Å². The maximum Gasteiger partial charge on any atom is 0.279 e. The van der Waals surface area contributed by atoms with Crippen LogP contribution in [0, 0.1) is 25.2 Å². The molecule has 116 valence electrons. The van der Waals surface area contributed by atoms with Gasteiger partial charge in [-0.15, -0.1) is 0 Å². The number of nitrogens with one attached hydrogen (secondary N) is 1. The van der Waals surface area contributed by atoms with Crippen LogP contribution in [-0.2, 0) is 0 Å². The molecule has 0 bridgehead atoms. The Morgan fingerprint density at radius 3 is 2.67 bits per heavy atom. The van der Waals surface area contributed by atoms with Gasteiger partial charge in [0.2, 0.25) is 0 Å². The highest BCUT2D eigenvalue weighted by atomic mass is 16.1. The third kappa shape index (κ3) is 1.77. The molecule has 0 spiro atoms. The molecule has 3 aromatic rings. The van der Waals surface area contributed by atoms with Crippen LogP contribution in [0.1, 0.15) is 39.7 Å². The molecule has 0 aliphatic carbocycles. The van der Waals surface area contributed by atoms with Gasteiger partial charge in [-0.3, -0.25) is 4.79 Å². The summed E-state index contributed by atoms with van der Waals surface area (Å²) < 4.78 is 0. The molecule has 0 saturated heterocycles. The average molecular weight is 314 g/mol. The molecule has 0 radical (unpaired) electrons. The third-order valence-corrected chi connectivity index (χ3v) is 4.67. The van der Waals surface area contributed by atoms with Gasteiger partial charge in [0.25, 0.3) is 5.91 Å². The van der Waals surface area contributed by atoms with Gasteiger partial charge in [0, 0.05) is 17.1 Å². The van der Waals surface area contributed by atoms with Crippen molar-refractivity contribution in [3.63, 3.8) is 0 Å². The summed E-state index contributed by atoms with van der Waals surface area (Å²) in [5.74, 6) is -0.215. The van der Waals surface area contributed by atoms with E-state index in [2.05, 4.69) is 16.0 Å². The molecule has 5 heteroatoms. The topological polar surface area (TPSA) is 81.9 Å². The summed E-state index contributed by atoms with van der Waals surface area (Å²) in [5.41, 5.74) is 6.92. The van der Waals surface area contributed by atoms with Crippen molar-refractivity contribution in [1.29, 1.82) is 5.26 Å². The number of para-hydroxylation sites is 1. The molecular formula is C19H14N4O. The molecule has 1 amide bonds. The molecule has 1 N–H and O–H groups in total. The molecule has 2 aromatic heterocycles. The van der Waals surface area contributed by atoms with Crippen LogP contribution in [0.2, 0.25) is 0 Å². The first-order valence-electron chi connectivity index (χ1n) is 7.64. The zero-order valence-corrected chi connectivity index (χ0v) is 13.6. The van der Waals surface area contributed by atoms with Crippen molar-refractivity contribution in [2.45, 2.75) is 20.8 Å². The highest BCUT2D eigenvalue weighted by molar-refractivity contribution is 6.20. The molecule has 5 nitrogen and oxygen atoms in total. The van der Waals surface area contributed by atoms with Gasteiger partial charge < -0.3 is 4.98 Å². The van der Waals surface area contributed by atoms with Crippen LogP contribution in [0.4, 0.5) is 0 Å². The van der Waals surface area contributed by atoms with Gasteiger partial charge in [-0.25, -0.2) is 9.98 Å². The number of aliphatic imine (C=N–C) groups is 1. The fourth-order valence-electron chi connectivity index (χ4n) is 3.28. The summed E-state index contributed by atoms with van der Waals surface area (Å²) in [6, 6.07) is 7.82. The van der Waals surface area contributed by atoms with E-state index in [0.717, 1.165) is 33.3 Å². The summed E-state index contributed by atoms with van der Waals surface area (Å²) in [6.07, 6.45) is 1.87. The summed E-state index contributed by atoms with van der Waals surface area (Å²) in [4.78, 5) is 24.0. The van der Waals surface area contributed by atoms with E-state index >= 15 is 0 Å². The van der Waals surface area contributed by atoms with Crippen molar-refractivity contribution >= 4 is 22.5 Å². The van der Waals surface area contributed by atoms with Crippen molar-refractivity contribution in [1.82, 2.24) is 9.97 Å². The lowest BCUT2D eigenvalue weighted by molar-refractivity contribution is 0.101.